The Morgan fingerprint density at radius 2 is 1.94 bits per heavy atom. The second-order valence-corrected chi connectivity index (χ2v) is 5.39. The molecule has 0 aromatic rings. The van der Waals surface area contributed by atoms with E-state index in [0.717, 1.165) is 19.0 Å². The van der Waals surface area contributed by atoms with E-state index in [4.69, 9.17) is 4.74 Å². The van der Waals surface area contributed by atoms with Gasteiger partial charge in [0.05, 0.1) is 12.2 Å². The third kappa shape index (κ3) is 5.86. The molecule has 0 radical (unpaired) electrons. The molecule has 0 aliphatic heterocycles. The van der Waals surface area contributed by atoms with E-state index in [1.807, 2.05) is 0 Å². The zero-order valence-corrected chi connectivity index (χ0v) is 11.3. The lowest BCUT2D eigenvalue weighted by Gasteiger charge is -2.29. The summed E-state index contributed by atoms with van der Waals surface area (Å²) in [7, 11) is 0. The van der Waals surface area contributed by atoms with E-state index in [2.05, 4.69) is 26.1 Å². The predicted octanol–water partition coefficient (Wildman–Crippen LogP) is 3.36. The van der Waals surface area contributed by atoms with Crippen molar-refractivity contribution < 1.29 is 4.74 Å². The SMILES string of the molecule is CCCCNCC(C)OC1CCC(C)CC1. The molecule has 96 valence electrons. The van der Waals surface area contributed by atoms with Crippen molar-refractivity contribution in [3.63, 3.8) is 0 Å². The van der Waals surface area contributed by atoms with Gasteiger partial charge in [0.1, 0.15) is 0 Å². The van der Waals surface area contributed by atoms with Gasteiger partial charge in [-0.1, -0.05) is 20.3 Å². The molecule has 0 saturated heterocycles. The van der Waals surface area contributed by atoms with Crippen molar-refractivity contribution in [3.05, 3.63) is 0 Å². The molecule has 1 aliphatic rings. The molecule has 0 heterocycles. The lowest BCUT2D eigenvalue weighted by atomic mass is 9.89. The topological polar surface area (TPSA) is 21.3 Å². The molecule has 1 atom stereocenters. The molecule has 1 fully saturated rings. The minimum absolute atomic E-state index is 0.371. The molecule has 0 aromatic heterocycles. The van der Waals surface area contributed by atoms with Crippen molar-refractivity contribution in [2.24, 2.45) is 5.92 Å². The summed E-state index contributed by atoms with van der Waals surface area (Å²) in [6.07, 6.45) is 8.66. The Morgan fingerprint density at radius 3 is 2.56 bits per heavy atom. The van der Waals surface area contributed by atoms with Crippen molar-refractivity contribution in [3.8, 4) is 0 Å². The van der Waals surface area contributed by atoms with Crippen molar-refractivity contribution in [1.29, 1.82) is 0 Å². The quantitative estimate of drug-likeness (QED) is 0.673. The molecule has 0 amide bonds. The molecule has 16 heavy (non-hydrogen) atoms. The van der Waals surface area contributed by atoms with Crippen molar-refractivity contribution in [1.82, 2.24) is 5.32 Å². The second kappa shape index (κ2) is 8.08. The fourth-order valence-electron chi connectivity index (χ4n) is 2.35. The average Bonchev–Trinajstić information content (AvgIpc) is 2.28. The summed E-state index contributed by atoms with van der Waals surface area (Å²) < 4.78 is 6.06. The van der Waals surface area contributed by atoms with Gasteiger partial charge >= 0.3 is 0 Å². The van der Waals surface area contributed by atoms with Gasteiger partial charge in [0.2, 0.25) is 0 Å². The molecule has 1 aliphatic carbocycles. The molecule has 2 nitrogen and oxygen atoms in total. The molecular weight excluding hydrogens is 198 g/mol. The zero-order chi connectivity index (χ0) is 11.8. The molecular formula is C14H29NO. The summed E-state index contributed by atoms with van der Waals surface area (Å²) in [5, 5.41) is 3.46. The minimum Gasteiger partial charge on any atom is -0.374 e. The Labute approximate surface area is 101 Å². The molecule has 1 N–H and O–H groups in total. The van der Waals surface area contributed by atoms with E-state index in [-0.39, 0.29) is 0 Å². The largest absolute Gasteiger partial charge is 0.374 e. The van der Waals surface area contributed by atoms with Crippen LogP contribution in [-0.2, 0) is 4.74 Å². The van der Waals surface area contributed by atoms with E-state index in [1.165, 1.54) is 38.5 Å². The first-order valence-electron chi connectivity index (χ1n) is 7.08. The standard InChI is InChI=1S/C14H29NO/c1-4-5-10-15-11-13(3)16-14-8-6-12(2)7-9-14/h12-15H,4-11H2,1-3H3. The number of hydrogen-bond donors (Lipinski definition) is 1. The van der Waals surface area contributed by atoms with Gasteiger partial charge < -0.3 is 10.1 Å². The van der Waals surface area contributed by atoms with Crippen LogP contribution in [0.1, 0.15) is 59.3 Å². The first-order chi connectivity index (χ1) is 7.72. The van der Waals surface area contributed by atoms with Crippen molar-refractivity contribution in [2.45, 2.75) is 71.5 Å². The Kier molecular flexibility index (Phi) is 7.06. The fraction of sp³-hybridized carbons (Fsp3) is 1.00. The van der Waals surface area contributed by atoms with Crippen LogP contribution in [-0.4, -0.2) is 25.3 Å². The smallest absolute Gasteiger partial charge is 0.0675 e. The molecule has 1 unspecified atom stereocenters. The molecule has 0 aromatic carbocycles. The summed E-state index contributed by atoms with van der Waals surface area (Å²) >= 11 is 0. The van der Waals surface area contributed by atoms with Crippen LogP contribution >= 0.6 is 0 Å². The normalized spacial score (nSPS) is 27.9. The van der Waals surface area contributed by atoms with Gasteiger partial charge in [-0.05, 0) is 51.5 Å². The van der Waals surface area contributed by atoms with Crippen LogP contribution in [0.15, 0.2) is 0 Å². The molecule has 1 saturated carbocycles. The summed E-state index contributed by atoms with van der Waals surface area (Å²) in [5.41, 5.74) is 0. The maximum Gasteiger partial charge on any atom is 0.0675 e. The Morgan fingerprint density at radius 1 is 1.25 bits per heavy atom. The highest BCUT2D eigenvalue weighted by molar-refractivity contribution is 4.71. The van der Waals surface area contributed by atoms with Gasteiger partial charge in [-0.3, -0.25) is 0 Å². The summed E-state index contributed by atoms with van der Waals surface area (Å²) in [5.74, 6) is 0.915. The molecule has 0 spiro atoms. The Bertz CT molecular complexity index is 164. The van der Waals surface area contributed by atoms with Crippen molar-refractivity contribution in [2.75, 3.05) is 13.1 Å². The monoisotopic (exact) mass is 227 g/mol. The second-order valence-electron chi connectivity index (χ2n) is 5.39. The Hall–Kier alpha value is -0.0800. The number of hydrogen-bond acceptors (Lipinski definition) is 2. The summed E-state index contributed by atoms with van der Waals surface area (Å²) in [6.45, 7) is 8.91. The lowest BCUT2D eigenvalue weighted by Crippen LogP contribution is -2.32. The average molecular weight is 227 g/mol. The first kappa shape index (κ1) is 14.0. The van der Waals surface area contributed by atoms with Crippen LogP contribution in [0.2, 0.25) is 0 Å². The van der Waals surface area contributed by atoms with Crippen LogP contribution < -0.4 is 5.32 Å². The van der Waals surface area contributed by atoms with Crippen LogP contribution in [0.3, 0.4) is 0 Å². The number of nitrogens with one attached hydrogen (secondary N) is 1. The highest BCUT2D eigenvalue weighted by Crippen LogP contribution is 2.26. The van der Waals surface area contributed by atoms with Gasteiger partial charge in [0.25, 0.3) is 0 Å². The number of ether oxygens (including phenoxy) is 1. The molecule has 0 bridgehead atoms. The van der Waals surface area contributed by atoms with Gasteiger partial charge in [-0.2, -0.15) is 0 Å². The zero-order valence-electron chi connectivity index (χ0n) is 11.3. The van der Waals surface area contributed by atoms with Gasteiger partial charge in [-0.15, -0.1) is 0 Å². The highest BCUT2D eigenvalue weighted by Gasteiger charge is 2.20. The molecule has 2 heteroatoms. The van der Waals surface area contributed by atoms with E-state index in [1.54, 1.807) is 0 Å². The van der Waals surface area contributed by atoms with E-state index in [0.29, 0.717) is 12.2 Å². The van der Waals surface area contributed by atoms with Crippen LogP contribution in [0.25, 0.3) is 0 Å². The summed E-state index contributed by atoms with van der Waals surface area (Å²) in [4.78, 5) is 0. The summed E-state index contributed by atoms with van der Waals surface area (Å²) in [6, 6.07) is 0. The predicted molar refractivity (Wildman–Crippen MR) is 69.7 cm³/mol. The van der Waals surface area contributed by atoms with E-state index >= 15 is 0 Å². The fourth-order valence-corrected chi connectivity index (χ4v) is 2.35. The van der Waals surface area contributed by atoms with Crippen LogP contribution in [0.5, 0.6) is 0 Å². The van der Waals surface area contributed by atoms with Crippen LogP contribution in [0.4, 0.5) is 0 Å². The molecule has 1 rings (SSSR count). The van der Waals surface area contributed by atoms with Gasteiger partial charge in [-0.25, -0.2) is 0 Å². The number of rotatable bonds is 7. The third-order valence-corrected chi connectivity index (χ3v) is 3.53. The number of unbranched alkanes of at least 4 members (excludes halogenated alkanes) is 1. The van der Waals surface area contributed by atoms with Crippen molar-refractivity contribution >= 4 is 0 Å². The Balaban J connectivity index is 2.02. The maximum absolute atomic E-state index is 6.06. The highest BCUT2D eigenvalue weighted by atomic mass is 16.5. The third-order valence-electron chi connectivity index (χ3n) is 3.53. The van der Waals surface area contributed by atoms with E-state index < -0.39 is 0 Å². The van der Waals surface area contributed by atoms with Crippen LogP contribution in [0, 0.1) is 5.92 Å². The minimum atomic E-state index is 0.371. The van der Waals surface area contributed by atoms with Gasteiger partial charge in [0.15, 0.2) is 0 Å². The maximum atomic E-state index is 6.06. The van der Waals surface area contributed by atoms with Gasteiger partial charge in [0, 0.05) is 6.54 Å². The van der Waals surface area contributed by atoms with E-state index in [9.17, 15) is 0 Å². The first-order valence-corrected chi connectivity index (χ1v) is 7.08. The lowest BCUT2D eigenvalue weighted by molar-refractivity contribution is -0.0258.